The normalized spacial score (nSPS) is 19.9. The molecule has 1 saturated heterocycles. The highest BCUT2D eigenvalue weighted by atomic mass is 16.7. The molecule has 0 bridgehead atoms. The van der Waals surface area contributed by atoms with E-state index in [0.29, 0.717) is 24.0 Å². The number of urea groups is 1. The summed E-state index contributed by atoms with van der Waals surface area (Å²) in [6.07, 6.45) is 6.18. The summed E-state index contributed by atoms with van der Waals surface area (Å²) in [7, 11) is 0. The third kappa shape index (κ3) is 9.71. The molecular weight excluding hydrogens is 687 g/mol. The number of nitrogens with zero attached hydrogens (tertiary/aromatic N) is 1. The van der Waals surface area contributed by atoms with Gasteiger partial charge in [-0.15, -0.1) is 6.58 Å². The van der Waals surface area contributed by atoms with Crippen molar-refractivity contribution in [1.29, 1.82) is 0 Å². The molecule has 4 atom stereocenters. The number of hydrogen-bond donors (Lipinski definition) is 3. The Morgan fingerprint density at radius 3 is 2.22 bits per heavy atom. The monoisotopic (exact) mass is 737 g/mol. The van der Waals surface area contributed by atoms with Gasteiger partial charge in [-0.2, -0.15) is 0 Å². The third-order valence-corrected chi connectivity index (χ3v) is 10.8. The third-order valence-electron chi connectivity index (χ3n) is 10.8. The van der Waals surface area contributed by atoms with Crippen molar-refractivity contribution in [1.82, 2.24) is 10.2 Å². The Balaban J connectivity index is 1.03. The van der Waals surface area contributed by atoms with Crippen LogP contribution in [0.1, 0.15) is 67.3 Å². The van der Waals surface area contributed by atoms with Gasteiger partial charge in [-0.05, 0) is 77.1 Å². The van der Waals surface area contributed by atoms with E-state index in [2.05, 4.69) is 71.5 Å². The highest BCUT2D eigenvalue weighted by Gasteiger charge is 2.40. The zero-order valence-electron chi connectivity index (χ0n) is 31.5. The molecule has 55 heavy (non-hydrogen) atoms. The van der Waals surface area contributed by atoms with Gasteiger partial charge in [0.05, 0.1) is 18.8 Å². The fourth-order valence-corrected chi connectivity index (χ4v) is 7.72. The molecule has 8 heteroatoms. The Bertz CT molecular complexity index is 1980. The Labute approximate surface area is 324 Å². The van der Waals surface area contributed by atoms with Crippen LogP contribution in [0.15, 0.2) is 140 Å². The fourth-order valence-electron chi connectivity index (χ4n) is 7.72. The van der Waals surface area contributed by atoms with E-state index < -0.39 is 6.29 Å². The quantitative estimate of drug-likeness (QED) is 0.0983. The molecular formula is C47H51N3O5. The number of ether oxygens (including phenoxy) is 3. The lowest BCUT2D eigenvalue weighted by Gasteiger charge is -2.43. The summed E-state index contributed by atoms with van der Waals surface area (Å²) in [5, 5.41) is 15.6. The second kappa shape index (κ2) is 18.4. The molecule has 3 N–H and O–H groups in total. The summed E-state index contributed by atoms with van der Waals surface area (Å²) in [5.41, 5.74) is 6.64. The van der Waals surface area contributed by atoms with Gasteiger partial charge >= 0.3 is 6.03 Å². The Morgan fingerprint density at radius 1 is 0.836 bits per heavy atom. The first-order valence-corrected chi connectivity index (χ1v) is 19.4. The van der Waals surface area contributed by atoms with Gasteiger partial charge in [-0.3, -0.25) is 4.90 Å². The lowest BCUT2D eigenvalue weighted by molar-refractivity contribution is -0.276. The molecule has 1 heterocycles. The number of carbonyl (C=O) groups is 1. The maximum absolute atomic E-state index is 12.9. The van der Waals surface area contributed by atoms with E-state index in [-0.39, 0.29) is 30.8 Å². The molecule has 1 aliphatic carbocycles. The molecule has 2 fully saturated rings. The van der Waals surface area contributed by atoms with Crippen molar-refractivity contribution in [2.45, 2.75) is 70.3 Å². The Kier molecular flexibility index (Phi) is 12.7. The maximum atomic E-state index is 12.9. The number of rotatable bonds is 14. The number of para-hydroxylation sites is 1. The maximum Gasteiger partial charge on any atom is 0.319 e. The average Bonchev–Trinajstić information content (AvgIpc) is 3.77. The van der Waals surface area contributed by atoms with Crippen molar-refractivity contribution in [3.63, 3.8) is 0 Å². The minimum atomic E-state index is -0.550. The number of aliphatic hydroxyl groups excluding tert-OH is 1. The van der Waals surface area contributed by atoms with E-state index in [0.717, 1.165) is 52.2 Å². The predicted octanol–water partition coefficient (Wildman–Crippen LogP) is 10.2. The molecule has 0 aromatic heterocycles. The first kappa shape index (κ1) is 38.0. The largest absolute Gasteiger partial charge is 0.457 e. The van der Waals surface area contributed by atoms with Crippen LogP contribution in [0.4, 0.5) is 10.5 Å². The second-order valence-electron chi connectivity index (χ2n) is 14.5. The van der Waals surface area contributed by atoms with Crippen LogP contribution < -0.4 is 15.4 Å². The van der Waals surface area contributed by atoms with Gasteiger partial charge in [-0.25, -0.2) is 4.79 Å². The van der Waals surface area contributed by atoms with E-state index in [1.807, 2.05) is 91.0 Å². The number of anilines is 1. The van der Waals surface area contributed by atoms with Crippen molar-refractivity contribution >= 4 is 11.7 Å². The molecule has 284 valence electrons. The summed E-state index contributed by atoms with van der Waals surface area (Å²) < 4.78 is 19.5. The van der Waals surface area contributed by atoms with Gasteiger partial charge in [0.1, 0.15) is 11.5 Å². The molecule has 1 aliphatic heterocycles. The molecule has 1 saturated carbocycles. The summed E-state index contributed by atoms with van der Waals surface area (Å²) in [6, 6.07) is 41.7. The molecule has 0 spiro atoms. The topological polar surface area (TPSA) is 92.3 Å². The zero-order chi connectivity index (χ0) is 38.0. The van der Waals surface area contributed by atoms with Crippen molar-refractivity contribution in [3.8, 4) is 22.6 Å². The average molecular weight is 738 g/mol. The van der Waals surface area contributed by atoms with Crippen LogP contribution in [0.2, 0.25) is 0 Å². The van der Waals surface area contributed by atoms with E-state index in [1.54, 1.807) is 0 Å². The van der Waals surface area contributed by atoms with Crippen LogP contribution in [-0.4, -0.2) is 41.3 Å². The van der Waals surface area contributed by atoms with E-state index >= 15 is 0 Å². The van der Waals surface area contributed by atoms with Gasteiger partial charge in [-0.1, -0.05) is 117 Å². The molecule has 2 aliphatic rings. The van der Waals surface area contributed by atoms with Crippen LogP contribution >= 0.6 is 0 Å². The predicted molar refractivity (Wildman–Crippen MR) is 218 cm³/mol. The molecule has 2 amide bonds. The van der Waals surface area contributed by atoms with Gasteiger partial charge in [0, 0.05) is 42.8 Å². The fraction of sp³-hybridized carbons (Fsp3) is 0.298. The van der Waals surface area contributed by atoms with E-state index in [1.165, 1.54) is 25.7 Å². The first-order valence-electron chi connectivity index (χ1n) is 19.4. The SMILES string of the molecule is C=CCN(C[C@@H]1O[C@H](c2ccc(-c3ccccc3CNC(=O)Nc3ccc(Oc4ccccc4)cc3)cc2)O[C@H](c2ccc(CO)cc2)[C@@H]1C)C1CCCC1. The van der Waals surface area contributed by atoms with Crippen molar-refractivity contribution in [2.24, 2.45) is 5.92 Å². The number of aliphatic hydroxyl groups is 1. The standard InChI is InChI=1S/C47H51N3O5/c1-3-29-50(40-12-8-9-13-40)31-44-33(2)45(36-19-17-34(32-51)18-20-36)55-46(54-44)37-23-21-35(22-24-37)43-16-10-7-11-38(43)30-48-47(52)49-39-25-27-42(28-26-39)53-41-14-5-4-6-15-41/h3-7,10-11,14-28,33,40,44-46,51H,1,8-9,12-13,29-32H2,2H3,(H2,48,49,52)/t33-,44+,45+,46+/m1/s1. The zero-order valence-corrected chi connectivity index (χ0v) is 31.5. The molecule has 7 rings (SSSR count). The second-order valence-corrected chi connectivity index (χ2v) is 14.5. The summed E-state index contributed by atoms with van der Waals surface area (Å²) in [4.78, 5) is 15.5. The lowest BCUT2D eigenvalue weighted by Crippen LogP contribution is -2.47. The van der Waals surface area contributed by atoms with Crippen LogP contribution in [0.3, 0.4) is 0 Å². The van der Waals surface area contributed by atoms with E-state index in [4.69, 9.17) is 14.2 Å². The Hall–Kier alpha value is -5.25. The number of carbonyl (C=O) groups excluding carboxylic acids is 1. The number of hydrogen-bond acceptors (Lipinski definition) is 6. The summed E-state index contributed by atoms with van der Waals surface area (Å²) in [6.45, 7) is 8.28. The first-order chi connectivity index (χ1) is 27.0. The Morgan fingerprint density at radius 2 is 1.51 bits per heavy atom. The van der Waals surface area contributed by atoms with Crippen LogP contribution in [0, 0.1) is 5.92 Å². The van der Waals surface area contributed by atoms with Crippen molar-refractivity contribution in [3.05, 3.63) is 162 Å². The van der Waals surface area contributed by atoms with Gasteiger partial charge in [0.15, 0.2) is 6.29 Å². The minimum absolute atomic E-state index is 0.00679. The smallest absolute Gasteiger partial charge is 0.319 e. The van der Waals surface area contributed by atoms with Gasteiger partial charge in [0.25, 0.3) is 0 Å². The van der Waals surface area contributed by atoms with Crippen LogP contribution in [0.5, 0.6) is 11.5 Å². The molecule has 0 radical (unpaired) electrons. The number of benzene rings is 5. The van der Waals surface area contributed by atoms with Crippen molar-refractivity contribution < 1.29 is 24.1 Å². The highest BCUT2D eigenvalue weighted by molar-refractivity contribution is 5.89. The van der Waals surface area contributed by atoms with Crippen LogP contribution in [-0.2, 0) is 22.6 Å². The lowest BCUT2D eigenvalue weighted by atomic mass is 9.89. The minimum Gasteiger partial charge on any atom is -0.457 e. The number of nitrogens with one attached hydrogen (secondary N) is 2. The summed E-state index contributed by atoms with van der Waals surface area (Å²) in [5.74, 6) is 1.55. The highest BCUT2D eigenvalue weighted by Crippen LogP contribution is 2.43. The van der Waals surface area contributed by atoms with Crippen molar-refractivity contribution in [2.75, 3.05) is 18.4 Å². The molecule has 8 nitrogen and oxygen atoms in total. The molecule has 5 aromatic carbocycles. The number of amides is 2. The van der Waals surface area contributed by atoms with E-state index in [9.17, 15) is 9.90 Å². The summed E-state index contributed by atoms with van der Waals surface area (Å²) >= 11 is 0. The molecule has 0 unspecified atom stereocenters. The van der Waals surface area contributed by atoms with Gasteiger partial charge in [0.2, 0.25) is 0 Å². The molecule has 5 aromatic rings. The van der Waals surface area contributed by atoms with Gasteiger partial charge < -0.3 is 30.0 Å². The van der Waals surface area contributed by atoms with Crippen LogP contribution in [0.25, 0.3) is 11.1 Å².